The van der Waals surface area contributed by atoms with Gasteiger partial charge in [0.25, 0.3) is 0 Å². The smallest absolute Gasteiger partial charge is 0.191 e. The van der Waals surface area contributed by atoms with Crippen LogP contribution < -0.4 is 10.6 Å². The Hall–Kier alpha value is -0.830. The average molecular weight is 520 g/mol. The predicted molar refractivity (Wildman–Crippen MR) is 126 cm³/mol. The number of rotatable bonds is 5. The molecule has 0 saturated carbocycles. The third kappa shape index (κ3) is 6.07. The molecular formula is C20H27ClIN3OS. The second-order valence-corrected chi connectivity index (χ2v) is 8.50. The SMILES string of the molecule is CN=C(NCc1ccc(C)s1)NCC1(c2cccc(Cl)c2)CCOCC1.I. The minimum atomic E-state index is 0. The highest BCUT2D eigenvalue weighted by molar-refractivity contribution is 14.0. The van der Waals surface area contributed by atoms with Gasteiger partial charge in [0.2, 0.25) is 0 Å². The molecule has 3 rings (SSSR count). The summed E-state index contributed by atoms with van der Waals surface area (Å²) in [4.78, 5) is 7.01. The fourth-order valence-electron chi connectivity index (χ4n) is 3.37. The first-order valence-electron chi connectivity index (χ1n) is 8.95. The van der Waals surface area contributed by atoms with E-state index < -0.39 is 0 Å². The van der Waals surface area contributed by atoms with Crippen LogP contribution in [0.5, 0.6) is 0 Å². The first-order chi connectivity index (χ1) is 12.6. The lowest BCUT2D eigenvalue weighted by molar-refractivity contribution is 0.0514. The molecule has 1 aliphatic heterocycles. The molecule has 148 valence electrons. The van der Waals surface area contributed by atoms with Gasteiger partial charge in [-0.3, -0.25) is 4.99 Å². The minimum absolute atomic E-state index is 0. The summed E-state index contributed by atoms with van der Waals surface area (Å²) in [5.74, 6) is 0.823. The third-order valence-electron chi connectivity index (χ3n) is 4.93. The van der Waals surface area contributed by atoms with Gasteiger partial charge >= 0.3 is 0 Å². The number of hydrogen-bond donors (Lipinski definition) is 2. The van der Waals surface area contributed by atoms with Gasteiger partial charge in [-0.2, -0.15) is 0 Å². The lowest BCUT2D eigenvalue weighted by Gasteiger charge is -2.38. The van der Waals surface area contributed by atoms with E-state index in [0.717, 1.165) is 50.1 Å². The molecule has 0 unspecified atom stereocenters. The van der Waals surface area contributed by atoms with Crippen LogP contribution in [0.1, 0.15) is 28.2 Å². The Morgan fingerprint density at radius 1 is 1.22 bits per heavy atom. The fraction of sp³-hybridized carbons (Fsp3) is 0.450. The molecule has 27 heavy (non-hydrogen) atoms. The minimum Gasteiger partial charge on any atom is -0.381 e. The molecule has 0 amide bonds. The van der Waals surface area contributed by atoms with Crippen LogP contribution in [0.25, 0.3) is 0 Å². The molecule has 0 radical (unpaired) electrons. The van der Waals surface area contributed by atoms with Crippen LogP contribution in [-0.2, 0) is 16.7 Å². The topological polar surface area (TPSA) is 45.7 Å². The third-order valence-corrected chi connectivity index (χ3v) is 6.17. The van der Waals surface area contributed by atoms with Crippen molar-refractivity contribution in [3.63, 3.8) is 0 Å². The van der Waals surface area contributed by atoms with Crippen molar-refractivity contribution in [2.24, 2.45) is 4.99 Å². The molecule has 2 aromatic rings. The summed E-state index contributed by atoms with van der Waals surface area (Å²) >= 11 is 8.06. The normalized spacial score (nSPS) is 16.5. The summed E-state index contributed by atoms with van der Waals surface area (Å²) in [5, 5.41) is 7.71. The monoisotopic (exact) mass is 519 g/mol. The Labute approximate surface area is 187 Å². The summed E-state index contributed by atoms with van der Waals surface area (Å²) in [5.41, 5.74) is 1.28. The number of aliphatic imine (C=N–C) groups is 1. The van der Waals surface area contributed by atoms with Crippen LogP contribution >= 0.6 is 46.9 Å². The van der Waals surface area contributed by atoms with E-state index in [1.807, 2.05) is 30.5 Å². The second-order valence-electron chi connectivity index (χ2n) is 6.69. The summed E-state index contributed by atoms with van der Waals surface area (Å²) in [6, 6.07) is 12.5. The zero-order chi connectivity index (χ0) is 18.4. The number of benzene rings is 1. The summed E-state index contributed by atoms with van der Waals surface area (Å²) in [6.07, 6.45) is 1.95. The maximum absolute atomic E-state index is 6.25. The molecule has 4 nitrogen and oxygen atoms in total. The maximum Gasteiger partial charge on any atom is 0.191 e. The Balaban J connectivity index is 0.00000261. The first-order valence-corrected chi connectivity index (χ1v) is 10.1. The van der Waals surface area contributed by atoms with Gasteiger partial charge in [-0.25, -0.2) is 0 Å². The van der Waals surface area contributed by atoms with Crippen LogP contribution in [0, 0.1) is 6.92 Å². The van der Waals surface area contributed by atoms with E-state index >= 15 is 0 Å². The van der Waals surface area contributed by atoms with Crippen molar-refractivity contribution < 1.29 is 4.74 Å². The fourth-order valence-corrected chi connectivity index (χ4v) is 4.39. The van der Waals surface area contributed by atoms with Crippen molar-refractivity contribution in [1.29, 1.82) is 0 Å². The predicted octanol–water partition coefficient (Wildman–Crippen LogP) is 4.74. The number of aryl methyl sites for hydroxylation is 1. The average Bonchev–Trinajstić information content (AvgIpc) is 3.08. The molecule has 0 aliphatic carbocycles. The van der Waals surface area contributed by atoms with E-state index in [9.17, 15) is 0 Å². The Bertz CT molecular complexity index is 759. The van der Waals surface area contributed by atoms with E-state index in [0.29, 0.717) is 0 Å². The van der Waals surface area contributed by atoms with Gasteiger partial charge in [0, 0.05) is 47.0 Å². The second kappa shape index (κ2) is 10.6. The molecule has 1 fully saturated rings. The van der Waals surface area contributed by atoms with Crippen LogP contribution in [0.2, 0.25) is 5.02 Å². The molecular weight excluding hydrogens is 493 g/mol. The van der Waals surface area contributed by atoms with Crippen molar-refractivity contribution in [3.8, 4) is 0 Å². The molecule has 2 N–H and O–H groups in total. The number of guanidine groups is 1. The molecule has 7 heteroatoms. The zero-order valence-corrected chi connectivity index (χ0v) is 19.7. The van der Waals surface area contributed by atoms with Gasteiger partial charge in [-0.15, -0.1) is 35.3 Å². The first kappa shape index (κ1) is 22.5. The summed E-state index contributed by atoms with van der Waals surface area (Å²) in [6.45, 7) is 5.26. The van der Waals surface area contributed by atoms with E-state index in [4.69, 9.17) is 16.3 Å². The lowest BCUT2D eigenvalue weighted by atomic mass is 9.74. The highest BCUT2D eigenvalue weighted by Gasteiger charge is 2.34. The van der Waals surface area contributed by atoms with Crippen molar-refractivity contribution in [1.82, 2.24) is 10.6 Å². The van der Waals surface area contributed by atoms with Gasteiger partial charge in [0.15, 0.2) is 5.96 Å². The van der Waals surface area contributed by atoms with E-state index in [1.165, 1.54) is 15.3 Å². The van der Waals surface area contributed by atoms with Gasteiger partial charge in [-0.1, -0.05) is 23.7 Å². The number of nitrogens with zero attached hydrogens (tertiary/aromatic N) is 1. The highest BCUT2D eigenvalue weighted by atomic mass is 127. The van der Waals surface area contributed by atoms with Gasteiger partial charge < -0.3 is 15.4 Å². The summed E-state index contributed by atoms with van der Waals surface area (Å²) in [7, 11) is 1.81. The molecule has 1 saturated heterocycles. The number of nitrogens with one attached hydrogen (secondary N) is 2. The molecule has 0 bridgehead atoms. The standard InChI is InChI=1S/C20H26ClN3OS.HI/c1-15-6-7-18(26-15)13-23-19(22-2)24-14-20(8-10-25-11-9-20)16-4-3-5-17(21)12-16;/h3-7,12H,8-11,13-14H2,1-2H3,(H2,22,23,24);1H. The highest BCUT2D eigenvalue weighted by Crippen LogP contribution is 2.35. The van der Waals surface area contributed by atoms with Gasteiger partial charge in [0.1, 0.15) is 0 Å². The van der Waals surface area contributed by atoms with Crippen molar-refractivity contribution in [3.05, 3.63) is 56.7 Å². The van der Waals surface area contributed by atoms with Crippen LogP contribution in [0.3, 0.4) is 0 Å². The quantitative estimate of drug-likeness (QED) is 0.341. The number of halogens is 2. The van der Waals surface area contributed by atoms with E-state index in [-0.39, 0.29) is 29.4 Å². The Kier molecular flexibility index (Phi) is 8.85. The maximum atomic E-state index is 6.25. The van der Waals surface area contributed by atoms with E-state index in [1.54, 1.807) is 0 Å². The Morgan fingerprint density at radius 3 is 2.63 bits per heavy atom. The molecule has 1 aromatic heterocycles. The summed E-state index contributed by atoms with van der Waals surface area (Å²) < 4.78 is 5.61. The van der Waals surface area contributed by atoms with Crippen molar-refractivity contribution >= 4 is 52.9 Å². The molecule has 2 heterocycles. The number of thiophene rings is 1. The number of hydrogen-bond acceptors (Lipinski definition) is 3. The molecule has 1 aromatic carbocycles. The lowest BCUT2D eigenvalue weighted by Crippen LogP contribution is -2.47. The number of ether oxygens (including phenoxy) is 1. The largest absolute Gasteiger partial charge is 0.381 e. The van der Waals surface area contributed by atoms with Crippen LogP contribution in [-0.4, -0.2) is 32.8 Å². The zero-order valence-electron chi connectivity index (χ0n) is 15.8. The van der Waals surface area contributed by atoms with E-state index in [2.05, 4.69) is 46.8 Å². The van der Waals surface area contributed by atoms with Crippen molar-refractivity contribution in [2.45, 2.75) is 31.7 Å². The van der Waals surface area contributed by atoms with Crippen LogP contribution in [0.15, 0.2) is 41.4 Å². The molecule has 0 spiro atoms. The molecule has 1 aliphatic rings. The van der Waals surface area contributed by atoms with Gasteiger partial charge in [-0.05, 0) is 49.6 Å². The van der Waals surface area contributed by atoms with Gasteiger partial charge in [0.05, 0.1) is 6.54 Å². The Morgan fingerprint density at radius 2 is 2.00 bits per heavy atom. The van der Waals surface area contributed by atoms with Crippen molar-refractivity contribution in [2.75, 3.05) is 26.8 Å². The van der Waals surface area contributed by atoms with Crippen LogP contribution in [0.4, 0.5) is 0 Å². The molecule has 0 atom stereocenters.